The van der Waals surface area contributed by atoms with Crippen LogP contribution in [0.4, 0.5) is 5.69 Å². The molecule has 82 valence electrons. The average Bonchev–Trinajstić information content (AvgIpc) is 2.30. The average molecular weight is 207 g/mol. The Balaban J connectivity index is 2.08. The highest BCUT2D eigenvalue weighted by molar-refractivity contribution is 5.48. The molecule has 1 aliphatic rings. The number of piperazine rings is 1. The molecule has 0 aromatic carbocycles. The highest BCUT2D eigenvalue weighted by atomic mass is 16.5. The van der Waals surface area contributed by atoms with Crippen LogP contribution < -0.4 is 9.64 Å². The van der Waals surface area contributed by atoms with Crippen molar-refractivity contribution >= 4 is 5.69 Å². The lowest BCUT2D eigenvalue weighted by atomic mass is 10.3. The molecule has 0 amide bonds. The number of nitrogens with zero attached hydrogens (tertiary/aromatic N) is 3. The van der Waals surface area contributed by atoms with Gasteiger partial charge in [-0.15, -0.1) is 0 Å². The maximum absolute atomic E-state index is 5.12. The second-order valence-electron chi connectivity index (χ2n) is 3.85. The summed E-state index contributed by atoms with van der Waals surface area (Å²) < 4.78 is 5.12. The van der Waals surface area contributed by atoms with Gasteiger partial charge in [-0.2, -0.15) is 0 Å². The number of ether oxygens (including phenoxy) is 1. The van der Waals surface area contributed by atoms with Crippen molar-refractivity contribution in [3.63, 3.8) is 0 Å². The van der Waals surface area contributed by atoms with Crippen LogP contribution in [0, 0.1) is 0 Å². The number of methoxy groups -OCH3 is 1. The predicted molar refractivity (Wildman–Crippen MR) is 60.5 cm³/mol. The highest BCUT2D eigenvalue weighted by Gasteiger charge is 2.14. The van der Waals surface area contributed by atoms with Crippen molar-refractivity contribution in [3.8, 4) is 5.88 Å². The molecule has 4 nitrogen and oxygen atoms in total. The van der Waals surface area contributed by atoms with E-state index in [0.29, 0.717) is 5.88 Å². The molecule has 1 aromatic rings. The molecule has 0 radical (unpaired) electrons. The van der Waals surface area contributed by atoms with E-state index in [0.717, 1.165) is 26.2 Å². The molecule has 1 fully saturated rings. The zero-order chi connectivity index (χ0) is 10.7. The molecule has 15 heavy (non-hydrogen) atoms. The number of hydrogen-bond acceptors (Lipinski definition) is 4. The van der Waals surface area contributed by atoms with E-state index in [2.05, 4.69) is 21.8 Å². The number of hydrogen-bond donors (Lipinski definition) is 0. The summed E-state index contributed by atoms with van der Waals surface area (Å²) in [5.41, 5.74) is 1.20. The van der Waals surface area contributed by atoms with E-state index in [1.54, 1.807) is 13.3 Å². The van der Waals surface area contributed by atoms with Gasteiger partial charge in [0, 0.05) is 44.1 Å². The lowest BCUT2D eigenvalue weighted by Gasteiger charge is -2.34. The molecular weight excluding hydrogens is 190 g/mol. The maximum atomic E-state index is 5.12. The molecule has 0 spiro atoms. The molecule has 4 heteroatoms. The quantitative estimate of drug-likeness (QED) is 0.718. The first-order valence-corrected chi connectivity index (χ1v) is 5.23. The van der Waals surface area contributed by atoms with E-state index >= 15 is 0 Å². The third kappa shape index (κ3) is 2.39. The van der Waals surface area contributed by atoms with Crippen LogP contribution in [0.2, 0.25) is 0 Å². The van der Waals surface area contributed by atoms with Gasteiger partial charge in [0.25, 0.3) is 0 Å². The topological polar surface area (TPSA) is 28.6 Å². The van der Waals surface area contributed by atoms with E-state index in [-0.39, 0.29) is 0 Å². The Morgan fingerprint density at radius 3 is 2.67 bits per heavy atom. The Morgan fingerprint density at radius 1 is 1.27 bits per heavy atom. The van der Waals surface area contributed by atoms with E-state index in [1.165, 1.54) is 5.69 Å². The molecule has 0 bridgehead atoms. The number of aromatic nitrogens is 1. The van der Waals surface area contributed by atoms with Crippen LogP contribution in [0.15, 0.2) is 18.3 Å². The molecule has 1 aromatic heterocycles. The van der Waals surface area contributed by atoms with Gasteiger partial charge in [-0.1, -0.05) is 0 Å². The molecule has 0 N–H and O–H groups in total. The van der Waals surface area contributed by atoms with Gasteiger partial charge >= 0.3 is 0 Å². The molecule has 0 unspecified atom stereocenters. The van der Waals surface area contributed by atoms with Crippen LogP contribution in [0.5, 0.6) is 5.88 Å². The normalized spacial score (nSPS) is 17.9. The van der Waals surface area contributed by atoms with E-state index < -0.39 is 0 Å². The first kappa shape index (κ1) is 10.2. The number of rotatable bonds is 2. The SMILES string of the molecule is COc1cc(N2CCN(C)CC2)ccn1. The minimum Gasteiger partial charge on any atom is -0.481 e. The minimum absolute atomic E-state index is 0.687. The fourth-order valence-corrected chi connectivity index (χ4v) is 1.77. The Hall–Kier alpha value is -1.29. The first-order chi connectivity index (χ1) is 7.29. The lowest BCUT2D eigenvalue weighted by Crippen LogP contribution is -2.44. The van der Waals surface area contributed by atoms with Crippen molar-refractivity contribution in [1.29, 1.82) is 0 Å². The number of anilines is 1. The van der Waals surface area contributed by atoms with Crippen molar-refractivity contribution in [2.45, 2.75) is 0 Å². The highest BCUT2D eigenvalue weighted by Crippen LogP contribution is 2.19. The van der Waals surface area contributed by atoms with Crippen LogP contribution >= 0.6 is 0 Å². The fraction of sp³-hybridized carbons (Fsp3) is 0.545. The molecule has 1 aliphatic heterocycles. The van der Waals surface area contributed by atoms with Crippen LogP contribution in [0.3, 0.4) is 0 Å². The van der Waals surface area contributed by atoms with Crippen LogP contribution in [-0.2, 0) is 0 Å². The van der Waals surface area contributed by atoms with Crippen molar-refractivity contribution in [3.05, 3.63) is 18.3 Å². The van der Waals surface area contributed by atoms with Crippen LogP contribution in [0.25, 0.3) is 0 Å². The van der Waals surface area contributed by atoms with Crippen molar-refractivity contribution in [1.82, 2.24) is 9.88 Å². The summed E-state index contributed by atoms with van der Waals surface area (Å²) in [6.45, 7) is 4.38. The van der Waals surface area contributed by atoms with Crippen molar-refractivity contribution in [2.75, 3.05) is 45.2 Å². The van der Waals surface area contributed by atoms with E-state index in [4.69, 9.17) is 4.74 Å². The van der Waals surface area contributed by atoms with Gasteiger partial charge in [0.2, 0.25) is 5.88 Å². The van der Waals surface area contributed by atoms with Gasteiger partial charge < -0.3 is 14.5 Å². The van der Waals surface area contributed by atoms with Crippen LogP contribution in [-0.4, -0.2) is 50.2 Å². The maximum Gasteiger partial charge on any atom is 0.214 e. The van der Waals surface area contributed by atoms with Gasteiger partial charge in [-0.3, -0.25) is 0 Å². The summed E-state index contributed by atoms with van der Waals surface area (Å²) in [6, 6.07) is 4.03. The summed E-state index contributed by atoms with van der Waals surface area (Å²) in [5, 5.41) is 0. The zero-order valence-corrected chi connectivity index (χ0v) is 9.31. The summed E-state index contributed by atoms with van der Waals surface area (Å²) in [7, 11) is 3.81. The number of pyridine rings is 1. The molecule has 2 rings (SSSR count). The predicted octanol–water partition coefficient (Wildman–Crippen LogP) is 0.842. The smallest absolute Gasteiger partial charge is 0.214 e. The molecule has 1 saturated heterocycles. The first-order valence-electron chi connectivity index (χ1n) is 5.23. The van der Waals surface area contributed by atoms with Gasteiger partial charge in [-0.05, 0) is 13.1 Å². The van der Waals surface area contributed by atoms with Gasteiger partial charge in [-0.25, -0.2) is 4.98 Å². The van der Waals surface area contributed by atoms with Gasteiger partial charge in [0.05, 0.1) is 7.11 Å². The standard InChI is InChI=1S/C11H17N3O/c1-13-5-7-14(8-6-13)10-3-4-12-11(9-10)15-2/h3-4,9H,5-8H2,1-2H3. The largest absolute Gasteiger partial charge is 0.481 e. The molecule has 0 saturated carbocycles. The third-order valence-electron chi connectivity index (χ3n) is 2.80. The second kappa shape index (κ2) is 4.49. The summed E-state index contributed by atoms with van der Waals surface area (Å²) >= 11 is 0. The Bertz CT molecular complexity index is 321. The van der Waals surface area contributed by atoms with E-state index in [1.807, 2.05) is 12.1 Å². The number of likely N-dealkylation sites (N-methyl/N-ethyl adjacent to an activating group) is 1. The Labute approximate surface area is 90.5 Å². The van der Waals surface area contributed by atoms with E-state index in [9.17, 15) is 0 Å². The van der Waals surface area contributed by atoms with Crippen molar-refractivity contribution < 1.29 is 4.74 Å². The Morgan fingerprint density at radius 2 is 2.00 bits per heavy atom. The minimum atomic E-state index is 0.687. The Kier molecular flexibility index (Phi) is 3.06. The molecule has 0 atom stereocenters. The fourth-order valence-electron chi connectivity index (χ4n) is 1.77. The molecular formula is C11H17N3O. The third-order valence-corrected chi connectivity index (χ3v) is 2.80. The zero-order valence-electron chi connectivity index (χ0n) is 9.31. The summed E-state index contributed by atoms with van der Waals surface area (Å²) in [5.74, 6) is 0.687. The second-order valence-corrected chi connectivity index (χ2v) is 3.85. The van der Waals surface area contributed by atoms with Gasteiger partial charge in [0.1, 0.15) is 0 Å². The monoisotopic (exact) mass is 207 g/mol. The lowest BCUT2D eigenvalue weighted by molar-refractivity contribution is 0.312. The van der Waals surface area contributed by atoms with Gasteiger partial charge in [0.15, 0.2) is 0 Å². The molecule has 2 heterocycles. The summed E-state index contributed by atoms with van der Waals surface area (Å²) in [6.07, 6.45) is 1.80. The molecule has 0 aliphatic carbocycles. The summed E-state index contributed by atoms with van der Waals surface area (Å²) in [4.78, 5) is 8.82. The van der Waals surface area contributed by atoms with Crippen molar-refractivity contribution in [2.24, 2.45) is 0 Å². The van der Waals surface area contributed by atoms with Crippen LogP contribution in [0.1, 0.15) is 0 Å².